The highest BCUT2D eigenvalue weighted by Crippen LogP contribution is 2.24. The Balaban J connectivity index is 1.68. The molecule has 1 atom stereocenters. The van der Waals surface area contributed by atoms with Crippen LogP contribution in [0.4, 0.5) is 15.8 Å². The number of anilines is 2. The number of esters is 1. The number of carbonyl (C=O) groups is 4. The Morgan fingerprint density at radius 3 is 2.43 bits per heavy atom. The topological polar surface area (TPSA) is 92.8 Å². The molecular weight excluding hydrogens is 367 g/mol. The van der Waals surface area contributed by atoms with Gasteiger partial charge in [-0.1, -0.05) is 18.2 Å². The molecule has 3 rings (SSSR count). The Labute approximate surface area is 160 Å². The van der Waals surface area contributed by atoms with Gasteiger partial charge in [0.1, 0.15) is 5.82 Å². The molecule has 0 radical (unpaired) electrons. The first-order valence-corrected chi connectivity index (χ1v) is 8.59. The number of nitrogens with one attached hydrogen (secondary N) is 1. The molecule has 2 aromatic rings. The van der Waals surface area contributed by atoms with Crippen LogP contribution in [0.3, 0.4) is 0 Å². The third-order valence-electron chi connectivity index (χ3n) is 4.18. The minimum absolute atomic E-state index is 0.0246. The Bertz CT molecular complexity index is 943. The summed E-state index contributed by atoms with van der Waals surface area (Å²) in [6.45, 7) is 1.35. The van der Waals surface area contributed by atoms with Crippen LogP contribution >= 0.6 is 0 Å². The van der Waals surface area contributed by atoms with E-state index in [1.165, 1.54) is 49.4 Å². The Hall–Kier alpha value is -3.55. The van der Waals surface area contributed by atoms with Gasteiger partial charge in [0.25, 0.3) is 5.91 Å². The molecule has 1 N–H and O–H groups in total. The normalized spacial score (nSPS) is 14.7. The zero-order valence-electron chi connectivity index (χ0n) is 15.0. The Kier molecular flexibility index (Phi) is 5.49. The molecule has 3 amide bonds. The van der Waals surface area contributed by atoms with Crippen LogP contribution in [0.1, 0.15) is 30.1 Å². The standard InChI is InChI=1S/C20H17FN2O5/c1-12(19(26)22-16-8-3-2-7-15(16)21)28-20(27)13-5-4-6-14(11-13)23-17(24)9-10-18(23)25/h2-8,11-12H,9-10H2,1H3,(H,22,26)/t12-/m0/s1. The molecule has 144 valence electrons. The van der Waals surface area contributed by atoms with Gasteiger partial charge in [-0.3, -0.25) is 19.3 Å². The lowest BCUT2D eigenvalue weighted by molar-refractivity contribution is -0.124. The average Bonchev–Trinajstić information content (AvgIpc) is 3.01. The van der Waals surface area contributed by atoms with Crippen LogP contribution in [0.2, 0.25) is 0 Å². The number of halogens is 1. The van der Waals surface area contributed by atoms with E-state index in [2.05, 4.69) is 5.32 Å². The number of rotatable bonds is 5. The van der Waals surface area contributed by atoms with Crippen LogP contribution in [-0.2, 0) is 19.1 Å². The highest BCUT2D eigenvalue weighted by molar-refractivity contribution is 6.20. The number of carbonyl (C=O) groups excluding carboxylic acids is 4. The number of imide groups is 1. The van der Waals surface area contributed by atoms with Crippen molar-refractivity contribution >= 4 is 35.1 Å². The van der Waals surface area contributed by atoms with Gasteiger partial charge in [-0.25, -0.2) is 9.18 Å². The Morgan fingerprint density at radius 2 is 1.75 bits per heavy atom. The highest BCUT2D eigenvalue weighted by Gasteiger charge is 2.30. The number of benzene rings is 2. The van der Waals surface area contributed by atoms with E-state index in [4.69, 9.17) is 4.74 Å². The number of nitrogens with zero attached hydrogens (tertiary/aromatic N) is 1. The molecule has 8 heteroatoms. The van der Waals surface area contributed by atoms with E-state index in [-0.39, 0.29) is 41.6 Å². The van der Waals surface area contributed by atoms with E-state index in [0.717, 1.165) is 4.90 Å². The summed E-state index contributed by atoms with van der Waals surface area (Å²) in [6, 6.07) is 11.5. The molecule has 28 heavy (non-hydrogen) atoms. The van der Waals surface area contributed by atoms with Gasteiger partial charge in [-0.05, 0) is 37.3 Å². The lowest BCUT2D eigenvalue weighted by Crippen LogP contribution is -2.31. The van der Waals surface area contributed by atoms with Gasteiger partial charge in [0.05, 0.1) is 16.9 Å². The number of amides is 3. The van der Waals surface area contributed by atoms with Crippen LogP contribution in [0, 0.1) is 5.82 Å². The third kappa shape index (κ3) is 4.06. The summed E-state index contributed by atoms with van der Waals surface area (Å²) in [5, 5.41) is 2.35. The zero-order chi connectivity index (χ0) is 20.3. The predicted octanol–water partition coefficient (Wildman–Crippen LogP) is 2.66. The summed E-state index contributed by atoms with van der Waals surface area (Å²) in [7, 11) is 0. The predicted molar refractivity (Wildman–Crippen MR) is 98.1 cm³/mol. The molecule has 1 aliphatic rings. The SMILES string of the molecule is C[C@H](OC(=O)c1cccc(N2C(=O)CCC2=O)c1)C(=O)Nc1ccccc1F. The largest absolute Gasteiger partial charge is 0.449 e. The molecule has 0 aromatic heterocycles. The van der Waals surface area contributed by atoms with Crippen LogP contribution in [-0.4, -0.2) is 29.8 Å². The number of para-hydroxylation sites is 1. The van der Waals surface area contributed by atoms with Gasteiger partial charge < -0.3 is 10.1 Å². The summed E-state index contributed by atoms with van der Waals surface area (Å²) >= 11 is 0. The highest BCUT2D eigenvalue weighted by atomic mass is 19.1. The van der Waals surface area contributed by atoms with E-state index in [9.17, 15) is 23.6 Å². The van der Waals surface area contributed by atoms with Gasteiger partial charge in [0, 0.05) is 12.8 Å². The van der Waals surface area contributed by atoms with E-state index >= 15 is 0 Å². The summed E-state index contributed by atoms with van der Waals surface area (Å²) in [5.74, 6) is -2.79. The maximum atomic E-state index is 13.6. The summed E-state index contributed by atoms with van der Waals surface area (Å²) in [6.07, 6.45) is -0.938. The van der Waals surface area contributed by atoms with Crippen molar-refractivity contribution in [3.05, 3.63) is 59.9 Å². The van der Waals surface area contributed by atoms with Crippen molar-refractivity contribution in [3.63, 3.8) is 0 Å². The van der Waals surface area contributed by atoms with Crippen molar-refractivity contribution in [1.82, 2.24) is 0 Å². The number of hydrogen-bond donors (Lipinski definition) is 1. The van der Waals surface area contributed by atoms with E-state index in [0.29, 0.717) is 0 Å². The van der Waals surface area contributed by atoms with Crippen molar-refractivity contribution in [2.24, 2.45) is 0 Å². The molecular formula is C20H17FN2O5. The molecule has 0 saturated carbocycles. The molecule has 0 spiro atoms. The molecule has 7 nitrogen and oxygen atoms in total. The fraction of sp³-hybridized carbons (Fsp3) is 0.200. The molecule has 0 unspecified atom stereocenters. The van der Waals surface area contributed by atoms with Crippen LogP contribution < -0.4 is 10.2 Å². The summed E-state index contributed by atoms with van der Waals surface area (Å²) in [4.78, 5) is 49.2. The summed E-state index contributed by atoms with van der Waals surface area (Å²) < 4.78 is 18.7. The number of ether oxygens (including phenoxy) is 1. The van der Waals surface area contributed by atoms with Crippen molar-refractivity contribution in [1.29, 1.82) is 0 Å². The van der Waals surface area contributed by atoms with Gasteiger partial charge in [0.2, 0.25) is 11.8 Å². The van der Waals surface area contributed by atoms with E-state index < -0.39 is 23.8 Å². The van der Waals surface area contributed by atoms with Crippen LogP contribution in [0.25, 0.3) is 0 Å². The maximum Gasteiger partial charge on any atom is 0.338 e. The van der Waals surface area contributed by atoms with Gasteiger partial charge in [-0.15, -0.1) is 0 Å². The average molecular weight is 384 g/mol. The van der Waals surface area contributed by atoms with Gasteiger partial charge in [-0.2, -0.15) is 0 Å². The zero-order valence-corrected chi connectivity index (χ0v) is 15.0. The van der Waals surface area contributed by atoms with Crippen molar-refractivity contribution in [3.8, 4) is 0 Å². The lowest BCUT2D eigenvalue weighted by atomic mass is 10.2. The minimum Gasteiger partial charge on any atom is -0.449 e. The molecule has 1 fully saturated rings. The van der Waals surface area contributed by atoms with Crippen molar-refractivity contribution in [2.75, 3.05) is 10.2 Å². The van der Waals surface area contributed by atoms with E-state index in [1.54, 1.807) is 6.07 Å². The molecule has 0 bridgehead atoms. The smallest absolute Gasteiger partial charge is 0.338 e. The molecule has 0 aliphatic carbocycles. The minimum atomic E-state index is -1.19. The third-order valence-corrected chi connectivity index (χ3v) is 4.18. The first-order chi connectivity index (χ1) is 13.4. The molecule has 2 aromatic carbocycles. The maximum absolute atomic E-state index is 13.6. The van der Waals surface area contributed by atoms with Crippen molar-refractivity contribution in [2.45, 2.75) is 25.9 Å². The second kappa shape index (κ2) is 7.99. The lowest BCUT2D eigenvalue weighted by Gasteiger charge is -2.16. The van der Waals surface area contributed by atoms with Gasteiger partial charge in [0.15, 0.2) is 6.10 Å². The number of hydrogen-bond acceptors (Lipinski definition) is 5. The quantitative estimate of drug-likeness (QED) is 0.632. The second-order valence-corrected chi connectivity index (χ2v) is 6.19. The fourth-order valence-electron chi connectivity index (χ4n) is 2.72. The second-order valence-electron chi connectivity index (χ2n) is 6.19. The monoisotopic (exact) mass is 384 g/mol. The molecule has 1 saturated heterocycles. The molecule has 1 heterocycles. The Morgan fingerprint density at radius 1 is 1.07 bits per heavy atom. The first-order valence-electron chi connectivity index (χ1n) is 8.59. The first kappa shape index (κ1) is 19.2. The summed E-state index contributed by atoms with van der Waals surface area (Å²) in [5.41, 5.74) is 0.324. The van der Waals surface area contributed by atoms with Crippen LogP contribution in [0.15, 0.2) is 48.5 Å². The molecule has 1 aliphatic heterocycles. The van der Waals surface area contributed by atoms with Crippen molar-refractivity contribution < 1.29 is 28.3 Å². The van der Waals surface area contributed by atoms with Crippen LogP contribution in [0.5, 0.6) is 0 Å². The fourth-order valence-corrected chi connectivity index (χ4v) is 2.72. The van der Waals surface area contributed by atoms with Gasteiger partial charge >= 0.3 is 5.97 Å². The van der Waals surface area contributed by atoms with E-state index in [1.807, 2.05) is 0 Å².